The summed E-state index contributed by atoms with van der Waals surface area (Å²) < 4.78 is 0. The van der Waals surface area contributed by atoms with E-state index in [9.17, 15) is 0 Å². The van der Waals surface area contributed by atoms with Gasteiger partial charge in [-0.05, 0) is 35.7 Å². The van der Waals surface area contributed by atoms with Crippen molar-refractivity contribution < 1.29 is 0 Å². The molecule has 0 saturated carbocycles. The number of aromatic amines is 1. The molecule has 0 amide bonds. The third-order valence-corrected chi connectivity index (χ3v) is 3.20. The van der Waals surface area contributed by atoms with Crippen LogP contribution in [0.15, 0.2) is 42.7 Å². The number of benzene rings is 1. The first kappa shape index (κ1) is 11.9. The standard InChI is InChI=1S/C15H16N4/c16-9-12-3-5-13-14(8-12)19-15(18-13)6-4-11-2-1-7-17-10-11/h1-3,5,7-8,10H,4,6,9,16H2,(H,18,19). The molecule has 4 nitrogen and oxygen atoms in total. The number of fused-ring (bicyclic) bond motifs is 1. The number of nitrogens with zero attached hydrogens (tertiary/aromatic N) is 2. The number of H-pyrrole nitrogens is 1. The highest BCUT2D eigenvalue weighted by Gasteiger charge is 2.04. The van der Waals surface area contributed by atoms with Crippen LogP contribution in [0.3, 0.4) is 0 Å². The van der Waals surface area contributed by atoms with Gasteiger partial charge in [0.15, 0.2) is 0 Å². The maximum Gasteiger partial charge on any atom is 0.107 e. The molecule has 3 rings (SSSR count). The molecule has 2 heterocycles. The molecular formula is C15H16N4. The molecule has 3 N–H and O–H groups in total. The van der Waals surface area contributed by atoms with Crippen molar-refractivity contribution in [2.24, 2.45) is 5.73 Å². The average Bonchev–Trinajstić information content (AvgIpc) is 2.88. The van der Waals surface area contributed by atoms with Gasteiger partial charge in [0.1, 0.15) is 5.82 Å². The molecule has 0 aliphatic carbocycles. The Hall–Kier alpha value is -2.20. The average molecular weight is 252 g/mol. The highest BCUT2D eigenvalue weighted by molar-refractivity contribution is 5.75. The number of nitrogens with one attached hydrogen (secondary N) is 1. The first-order valence-electron chi connectivity index (χ1n) is 6.41. The van der Waals surface area contributed by atoms with Crippen LogP contribution < -0.4 is 5.73 Å². The molecule has 0 atom stereocenters. The van der Waals surface area contributed by atoms with E-state index in [1.54, 1.807) is 6.20 Å². The zero-order chi connectivity index (χ0) is 13.1. The molecule has 0 aliphatic rings. The molecule has 0 aliphatic heterocycles. The zero-order valence-corrected chi connectivity index (χ0v) is 10.6. The molecule has 96 valence electrons. The maximum absolute atomic E-state index is 5.64. The molecular weight excluding hydrogens is 236 g/mol. The summed E-state index contributed by atoms with van der Waals surface area (Å²) in [5.41, 5.74) is 10.0. The zero-order valence-electron chi connectivity index (χ0n) is 10.6. The van der Waals surface area contributed by atoms with Crippen LogP contribution in [0.25, 0.3) is 11.0 Å². The molecule has 1 aromatic carbocycles. The van der Waals surface area contributed by atoms with Crippen LogP contribution >= 0.6 is 0 Å². The number of rotatable bonds is 4. The third kappa shape index (κ3) is 2.63. The molecule has 0 radical (unpaired) electrons. The Morgan fingerprint density at radius 3 is 2.84 bits per heavy atom. The highest BCUT2D eigenvalue weighted by atomic mass is 14.9. The fourth-order valence-electron chi connectivity index (χ4n) is 2.16. The van der Waals surface area contributed by atoms with Crippen molar-refractivity contribution in [1.82, 2.24) is 15.0 Å². The van der Waals surface area contributed by atoms with E-state index < -0.39 is 0 Å². The van der Waals surface area contributed by atoms with Crippen LogP contribution in [0.5, 0.6) is 0 Å². The summed E-state index contributed by atoms with van der Waals surface area (Å²) in [4.78, 5) is 12.1. The van der Waals surface area contributed by atoms with Gasteiger partial charge in [-0.25, -0.2) is 4.98 Å². The summed E-state index contributed by atoms with van der Waals surface area (Å²) in [5.74, 6) is 1.01. The molecule has 19 heavy (non-hydrogen) atoms. The summed E-state index contributed by atoms with van der Waals surface area (Å²) in [6, 6.07) is 10.1. The van der Waals surface area contributed by atoms with E-state index in [0.29, 0.717) is 6.54 Å². The van der Waals surface area contributed by atoms with E-state index in [0.717, 1.165) is 35.3 Å². The van der Waals surface area contributed by atoms with Crippen LogP contribution in [0.1, 0.15) is 17.0 Å². The Morgan fingerprint density at radius 1 is 1.11 bits per heavy atom. The van der Waals surface area contributed by atoms with E-state index in [-0.39, 0.29) is 0 Å². The van der Waals surface area contributed by atoms with Gasteiger partial charge in [0, 0.05) is 25.4 Å². The van der Waals surface area contributed by atoms with Gasteiger partial charge < -0.3 is 10.7 Å². The molecule has 0 saturated heterocycles. The smallest absolute Gasteiger partial charge is 0.107 e. The van der Waals surface area contributed by atoms with Crippen molar-refractivity contribution in [1.29, 1.82) is 0 Å². The first-order valence-corrected chi connectivity index (χ1v) is 6.41. The van der Waals surface area contributed by atoms with Gasteiger partial charge in [0.05, 0.1) is 11.0 Å². The van der Waals surface area contributed by atoms with Crippen LogP contribution in [0.4, 0.5) is 0 Å². The topological polar surface area (TPSA) is 67.6 Å². The first-order chi connectivity index (χ1) is 9.35. The van der Waals surface area contributed by atoms with Gasteiger partial charge >= 0.3 is 0 Å². The lowest BCUT2D eigenvalue weighted by atomic mass is 10.1. The summed E-state index contributed by atoms with van der Waals surface area (Å²) in [6.45, 7) is 0.556. The van der Waals surface area contributed by atoms with Crippen molar-refractivity contribution in [3.05, 3.63) is 59.7 Å². The minimum absolute atomic E-state index is 0.556. The SMILES string of the molecule is NCc1ccc2nc(CCc3cccnc3)[nH]c2c1. The molecule has 4 heteroatoms. The lowest BCUT2D eigenvalue weighted by Gasteiger charge is -1.97. The van der Waals surface area contributed by atoms with Gasteiger partial charge in [-0.15, -0.1) is 0 Å². The summed E-state index contributed by atoms with van der Waals surface area (Å²) in [7, 11) is 0. The number of nitrogens with two attached hydrogens (primary N) is 1. The predicted molar refractivity (Wildman–Crippen MR) is 75.6 cm³/mol. The molecule has 0 spiro atoms. The van der Waals surface area contributed by atoms with Crippen molar-refractivity contribution in [3.63, 3.8) is 0 Å². The molecule has 0 bridgehead atoms. The Balaban J connectivity index is 1.78. The molecule has 0 fully saturated rings. The van der Waals surface area contributed by atoms with Crippen molar-refractivity contribution in [3.8, 4) is 0 Å². The van der Waals surface area contributed by atoms with E-state index >= 15 is 0 Å². The lowest BCUT2D eigenvalue weighted by Crippen LogP contribution is -1.95. The number of hydrogen-bond acceptors (Lipinski definition) is 3. The number of hydrogen-bond donors (Lipinski definition) is 2. The second-order valence-corrected chi connectivity index (χ2v) is 4.60. The van der Waals surface area contributed by atoms with Crippen molar-refractivity contribution in [2.45, 2.75) is 19.4 Å². The monoisotopic (exact) mass is 252 g/mol. The predicted octanol–water partition coefficient (Wildman–Crippen LogP) is 2.20. The van der Waals surface area contributed by atoms with Gasteiger partial charge in [-0.3, -0.25) is 4.98 Å². The highest BCUT2D eigenvalue weighted by Crippen LogP contribution is 2.14. The summed E-state index contributed by atoms with van der Waals surface area (Å²) in [5, 5.41) is 0. The number of aromatic nitrogens is 3. The second-order valence-electron chi connectivity index (χ2n) is 4.60. The fraction of sp³-hybridized carbons (Fsp3) is 0.200. The summed E-state index contributed by atoms with van der Waals surface area (Å²) in [6.07, 6.45) is 5.52. The third-order valence-electron chi connectivity index (χ3n) is 3.20. The van der Waals surface area contributed by atoms with Gasteiger partial charge in [0.2, 0.25) is 0 Å². The number of aryl methyl sites for hydroxylation is 2. The van der Waals surface area contributed by atoms with Crippen LogP contribution in [0, 0.1) is 0 Å². The van der Waals surface area contributed by atoms with Gasteiger partial charge in [-0.1, -0.05) is 12.1 Å². The normalized spacial score (nSPS) is 11.0. The van der Waals surface area contributed by atoms with E-state index in [1.807, 2.05) is 24.4 Å². The quantitative estimate of drug-likeness (QED) is 0.748. The maximum atomic E-state index is 5.64. The van der Waals surface area contributed by atoms with Crippen LogP contribution in [-0.2, 0) is 19.4 Å². The number of imidazole rings is 1. The fourth-order valence-corrected chi connectivity index (χ4v) is 2.16. The van der Waals surface area contributed by atoms with Crippen LogP contribution in [-0.4, -0.2) is 15.0 Å². The van der Waals surface area contributed by atoms with E-state index in [2.05, 4.69) is 27.1 Å². The van der Waals surface area contributed by atoms with Crippen LogP contribution in [0.2, 0.25) is 0 Å². The van der Waals surface area contributed by atoms with E-state index in [4.69, 9.17) is 5.73 Å². The van der Waals surface area contributed by atoms with Crippen molar-refractivity contribution in [2.75, 3.05) is 0 Å². The Bertz CT molecular complexity index is 673. The largest absolute Gasteiger partial charge is 0.342 e. The Labute approximate surface area is 111 Å². The van der Waals surface area contributed by atoms with Gasteiger partial charge in [0.25, 0.3) is 0 Å². The molecule has 2 aromatic heterocycles. The minimum Gasteiger partial charge on any atom is -0.342 e. The van der Waals surface area contributed by atoms with Crippen molar-refractivity contribution >= 4 is 11.0 Å². The lowest BCUT2D eigenvalue weighted by molar-refractivity contribution is 0.884. The minimum atomic E-state index is 0.556. The van der Waals surface area contributed by atoms with E-state index in [1.165, 1.54) is 5.56 Å². The Morgan fingerprint density at radius 2 is 2.05 bits per heavy atom. The number of pyridine rings is 1. The Kier molecular flexibility index (Phi) is 3.25. The summed E-state index contributed by atoms with van der Waals surface area (Å²) >= 11 is 0. The molecule has 3 aromatic rings. The van der Waals surface area contributed by atoms with Gasteiger partial charge in [-0.2, -0.15) is 0 Å². The molecule has 0 unspecified atom stereocenters. The second kappa shape index (κ2) is 5.20.